The molecule has 1 aliphatic rings. The summed E-state index contributed by atoms with van der Waals surface area (Å²) in [5.41, 5.74) is 2.49. The fourth-order valence-electron chi connectivity index (χ4n) is 2.18. The van der Waals surface area contributed by atoms with Crippen molar-refractivity contribution >= 4 is 5.69 Å². The Hall–Kier alpha value is -1.06. The summed E-state index contributed by atoms with van der Waals surface area (Å²) in [5.74, 6) is 0. The summed E-state index contributed by atoms with van der Waals surface area (Å²) in [6, 6.07) is 8.74. The van der Waals surface area contributed by atoms with Crippen LogP contribution in [0.4, 0.5) is 5.69 Å². The maximum Gasteiger partial charge on any atom is 0.0647 e. The molecule has 1 unspecified atom stereocenters. The number of nitrogens with one attached hydrogen (secondary N) is 1. The predicted molar refractivity (Wildman–Crippen MR) is 66.9 cm³/mol. The van der Waals surface area contributed by atoms with Gasteiger partial charge in [0.2, 0.25) is 0 Å². The van der Waals surface area contributed by atoms with Gasteiger partial charge in [-0.05, 0) is 32.0 Å². The maximum absolute atomic E-state index is 9.42. The molecule has 1 fully saturated rings. The van der Waals surface area contributed by atoms with E-state index in [2.05, 4.69) is 41.4 Å². The molecule has 88 valence electrons. The lowest BCUT2D eigenvalue weighted by Gasteiger charge is -2.30. The average Bonchev–Trinajstić information content (AvgIpc) is 2.55. The van der Waals surface area contributed by atoms with Gasteiger partial charge in [0.1, 0.15) is 0 Å². The predicted octanol–water partition coefficient (Wildman–Crippen LogP) is 1.16. The molecular formula is C13H20N2O. The molecule has 0 amide bonds. The summed E-state index contributed by atoms with van der Waals surface area (Å²) in [7, 11) is 0. The zero-order chi connectivity index (χ0) is 11.4. The van der Waals surface area contributed by atoms with Gasteiger partial charge in [0.25, 0.3) is 0 Å². The largest absolute Gasteiger partial charge is 0.394 e. The van der Waals surface area contributed by atoms with Gasteiger partial charge in [-0.25, -0.2) is 0 Å². The molecule has 16 heavy (non-hydrogen) atoms. The van der Waals surface area contributed by atoms with E-state index in [0.29, 0.717) is 0 Å². The van der Waals surface area contributed by atoms with Crippen molar-refractivity contribution in [3.05, 3.63) is 29.8 Å². The third-order valence-electron chi connectivity index (χ3n) is 3.15. The first-order chi connectivity index (χ1) is 7.81. The number of aryl methyl sites for hydroxylation is 1. The molecule has 1 atom stereocenters. The van der Waals surface area contributed by atoms with Crippen molar-refractivity contribution in [1.82, 2.24) is 5.32 Å². The first-order valence-electron chi connectivity index (χ1n) is 5.96. The molecule has 0 aromatic heterocycles. The van der Waals surface area contributed by atoms with Gasteiger partial charge in [-0.3, -0.25) is 0 Å². The van der Waals surface area contributed by atoms with E-state index in [9.17, 15) is 5.11 Å². The fourth-order valence-corrected chi connectivity index (χ4v) is 2.18. The normalized spacial score (nSPS) is 21.9. The highest BCUT2D eigenvalue weighted by Gasteiger charge is 2.19. The number of hydrogen-bond acceptors (Lipinski definition) is 3. The first-order valence-corrected chi connectivity index (χ1v) is 5.96. The van der Waals surface area contributed by atoms with Crippen molar-refractivity contribution in [2.45, 2.75) is 19.4 Å². The number of aliphatic hydroxyl groups excluding tert-OH is 1. The monoisotopic (exact) mass is 220 g/mol. The van der Waals surface area contributed by atoms with E-state index < -0.39 is 0 Å². The molecule has 3 nitrogen and oxygen atoms in total. The number of aliphatic hydroxyl groups is 1. The molecule has 0 saturated carbocycles. The maximum atomic E-state index is 9.42. The van der Waals surface area contributed by atoms with Gasteiger partial charge < -0.3 is 15.3 Å². The minimum absolute atomic E-state index is 0.199. The average molecular weight is 220 g/mol. The SMILES string of the molecule is Cc1ccc(N2CCCNCC2CO)cc1. The van der Waals surface area contributed by atoms with Crippen LogP contribution in [0.2, 0.25) is 0 Å². The van der Waals surface area contributed by atoms with Gasteiger partial charge in [0, 0.05) is 18.8 Å². The van der Waals surface area contributed by atoms with Crippen LogP contribution >= 0.6 is 0 Å². The molecule has 1 aromatic rings. The smallest absolute Gasteiger partial charge is 0.0647 e. The van der Waals surface area contributed by atoms with Gasteiger partial charge in [0.15, 0.2) is 0 Å². The highest BCUT2D eigenvalue weighted by molar-refractivity contribution is 5.48. The van der Waals surface area contributed by atoms with Gasteiger partial charge in [-0.2, -0.15) is 0 Å². The molecule has 1 aromatic carbocycles. The van der Waals surface area contributed by atoms with Crippen LogP contribution in [0.3, 0.4) is 0 Å². The molecule has 2 rings (SSSR count). The zero-order valence-corrected chi connectivity index (χ0v) is 9.82. The van der Waals surface area contributed by atoms with Crippen LogP contribution in [0.15, 0.2) is 24.3 Å². The number of anilines is 1. The van der Waals surface area contributed by atoms with E-state index in [-0.39, 0.29) is 12.6 Å². The van der Waals surface area contributed by atoms with Crippen LogP contribution in [0.1, 0.15) is 12.0 Å². The summed E-state index contributed by atoms with van der Waals surface area (Å²) >= 11 is 0. The highest BCUT2D eigenvalue weighted by Crippen LogP contribution is 2.19. The molecule has 3 heteroatoms. The molecule has 0 spiro atoms. The van der Waals surface area contributed by atoms with E-state index in [1.54, 1.807) is 0 Å². The van der Waals surface area contributed by atoms with Crippen molar-refractivity contribution in [2.24, 2.45) is 0 Å². The fraction of sp³-hybridized carbons (Fsp3) is 0.538. The Bertz CT molecular complexity index is 323. The summed E-state index contributed by atoms with van der Waals surface area (Å²) in [4.78, 5) is 2.30. The van der Waals surface area contributed by atoms with Crippen LogP contribution < -0.4 is 10.2 Å². The lowest BCUT2D eigenvalue weighted by Crippen LogP contribution is -2.42. The summed E-state index contributed by atoms with van der Waals surface area (Å²) in [6.07, 6.45) is 1.13. The quantitative estimate of drug-likeness (QED) is 0.785. The van der Waals surface area contributed by atoms with E-state index in [4.69, 9.17) is 0 Å². The van der Waals surface area contributed by atoms with Crippen molar-refractivity contribution in [3.8, 4) is 0 Å². The Morgan fingerprint density at radius 1 is 1.38 bits per heavy atom. The second-order valence-electron chi connectivity index (χ2n) is 4.42. The number of nitrogens with zero attached hydrogens (tertiary/aromatic N) is 1. The van der Waals surface area contributed by atoms with Crippen molar-refractivity contribution in [3.63, 3.8) is 0 Å². The second-order valence-corrected chi connectivity index (χ2v) is 4.42. The first kappa shape index (κ1) is 11.4. The van der Waals surface area contributed by atoms with E-state index in [0.717, 1.165) is 26.1 Å². The van der Waals surface area contributed by atoms with Gasteiger partial charge in [-0.15, -0.1) is 0 Å². The molecule has 0 bridgehead atoms. The van der Waals surface area contributed by atoms with Gasteiger partial charge in [0.05, 0.1) is 12.6 Å². The molecule has 2 N–H and O–H groups in total. The second kappa shape index (κ2) is 5.32. The standard InChI is InChI=1S/C13H20N2O/c1-11-3-5-12(6-4-11)15-8-2-7-14-9-13(15)10-16/h3-6,13-14,16H,2,7-10H2,1H3. The molecule has 0 radical (unpaired) electrons. The van der Waals surface area contributed by atoms with E-state index in [1.165, 1.54) is 11.3 Å². The number of hydrogen-bond donors (Lipinski definition) is 2. The Balaban J connectivity index is 2.18. The summed E-state index contributed by atoms with van der Waals surface area (Å²) < 4.78 is 0. The number of rotatable bonds is 2. The zero-order valence-electron chi connectivity index (χ0n) is 9.82. The summed E-state index contributed by atoms with van der Waals surface area (Å²) in [6.45, 7) is 5.22. The Kier molecular flexibility index (Phi) is 3.80. The van der Waals surface area contributed by atoms with Crippen LogP contribution in [-0.2, 0) is 0 Å². The molecular weight excluding hydrogens is 200 g/mol. The minimum atomic E-state index is 0.199. The minimum Gasteiger partial charge on any atom is -0.394 e. The van der Waals surface area contributed by atoms with Crippen molar-refractivity contribution in [2.75, 3.05) is 31.1 Å². The Morgan fingerprint density at radius 3 is 2.81 bits per heavy atom. The Morgan fingerprint density at radius 2 is 2.12 bits per heavy atom. The third kappa shape index (κ3) is 2.54. The molecule has 0 aliphatic carbocycles. The lowest BCUT2D eigenvalue weighted by molar-refractivity contribution is 0.260. The topological polar surface area (TPSA) is 35.5 Å². The van der Waals surface area contributed by atoms with E-state index >= 15 is 0 Å². The molecule has 1 heterocycles. The highest BCUT2D eigenvalue weighted by atomic mass is 16.3. The van der Waals surface area contributed by atoms with Crippen molar-refractivity contribution < 1.29 is 5.11 Å². The third-order valence-corrected chi connectivity index (χ3v) is 3.15. The molecule has 1 saturated heterocycles. The van der Waals surface area contributed by atoms with Crippen molar-refractivity contribution in [1.29, 1.82) is 0 Å². The lowest BCUT2D eigenvalue weighted by atomic mass is 10.1. The number of benzene rings is 1. The van der Waals surface area contributed by atoms with Crippen LogP contribution in [0, 0.1) is 6.92 Å². The van der Waals surface area contributed by atoms with Crippen LogP contribution in [0.25, 0.3) is 0 Å². The van der Waals surface area contributed by atoms with Gasteiger partial charge in [-0.1, -0.05) is 17.7 Å². The van der Waals surface area contributed by atoms with Crippen LogP contribution in [0.5, 0.6) is 0 Å². The summed E-state index contributed by atoms with van der Waals surface area (Å²) in [5, 5.41) is 12.8. The Labute approximate surface area is 97.1 Å². The van der Waals surface area contributed by atoms with Gasteiger partial charge >= 0.3 is 0 Å². The molecule has 1 aliphatic heterocycles. The van der Waals surface area contributed by atoms with Crippen LogP contribution in [-0.4, -0.2) is 37.4 Å². The van der Waals surface area contributed by atoms with E-state index in [1.807, 2.05) is 0 Å².